The third kappa shape index (κ3) is 1.28. The molecule has 2 aromatic rings. The Balaban J connectivity index is 3.04. The SMILES string of the molecule is Cc1[nH]c(=O)c(N)c2cc(Br)sc12. The zero-order chi connectivity index (χ0) is 9.59. The van der Waals surface area contributed by atoms with Crippen molar-refractivity contribution >= 4 is 43.0 Å². The maximum Gasteiger partial charge on any atom is 0.271 e. The van der Waals surface area contributed by atoms with Gasteiger partial charge in [-0.2, -0.15) is 0 Å². The number of aryl methyl sites for hydroxylation is 1. The van der Waals surface area contributed by atoms with Gasteiger partial charge in [0, 0.05) is 11.1 Å². The molecule has 0 aliphatic rings. The lowest BCUT2D eigenvalue weighted by molar-refractivity contribution is 1.18. The number of H-pyrrole nitrogens is 1. The zero-order valence-electron chi connectivity index (χ0n) is 6.85. The summed E-state index contributed by atoms with van der Waals surface area (Å²) in [5.41, 5.74) is 6.59. The summed E-state index contributed by atoms with van der Waals surface area (Å²) < 4.78 is 2.01. The molecule has 0 aliphatic carbocycles. The number of aromatic nitrogens is 1. The summed E-state index contributed by atoms with van der Waals surface area (Å²) in [6.07, 6.45) is 0. The molecule has 0 saturated heterocycles. The highest BCUT2D eigenvalue weighted by Gasteiger charge is 2.08. The van der Waals surface area contributed by atoms with Gasteiger partial charge in [0.25, 0.3) is 5.56 Å². The second-order valence-corrected chi connectivity index (χ2v) is 5.22. The van der Waals surface area contributed by atoms with E-state index in [9.17, 15) is 4.79 Å². The minimum absolute atomic E-state index is 0.213. The average Bonchev–Trinajstić information content (AvgIpc) is 2.44. The van der Waals surface area contributed by atoms with Gasteiger partial charge in [-0.25, -0.2) is 0 Å². The number of anilines is 1. The fourth-order valence-electron chi connectivity index (χ4n) is 1.26. The molecule has 0 bridgehead atoms. The molecule has 0 radical (unpaired) electrons. The van der Waals surface area contributed by atoms with Crippen molar-refractivity contribution in [2.75, 3.05) is 5.73 Å². The molecule has 2 heterocycles. The van der Waals surface area contributed by atoms with Gasteiger partial charge in [0.15, 0.2) is 0 Å². The van der Waals surface area contributed by atoms with Crippen molar-refractivity contribution in [2.45, 2.75) is 6.92 Å². The van der Waals surface area contributed by atoms with E-state index in [-0.39, 0.29) is 5.56 Å². The number of rotatable bonds is 0. The van der Waals surface area contributed by atoms with Gasteiger partial charge in [-0.15, -0.1) is 11.3 Å². The number of hydrogen-bond acceptors (Lipinski definition) is 3. The molecule has 2 rings (SSSR count). The molecular formula is C8H7BrN2OS. The van der Waals surface area contributed by atoms with Crippen LogP contribution in [0.5, 0.6) is 0 Å². The van der Waals surface area contributed by atoms with Crippen molar-refractivity contribution in [3.05, 3.63) is 25.9 Å². The van der Waals surface area contributed by atoms with E-state index in [1.165, 1.54) is 0 Å². The molecule has 3 N–H and O–H groups in total. The minimum atomic E-state index is -0.213. The van der Waals surface area contributed by atoms with E-state index in [1.807, 2.05) is 13.0 Å². The van der Waals surface area contributed by atoms with Gasteiger partial charge in [-0.1, -0.05) is 0 Å². The van der Waals surface area contributed by atoms with Crippen molar-refractivity contribution in [1.82, 2.24) is 4.98 Å². The third-order valence-corrected chi connectivity index (χ3v) is 3.64. The summed E-state index contributed by atoms with van der Waals surface area (Å²) >= 11 is 4.93. The molecule has 68 valence electrons. The number of nitrogen functional groups attached to an aromatic ring is 1. The smallest absolute Gasteiger partial charge is 0.271 e. The average molecular weight is 259 g/mol. The van der Waals surface area contributed by atoms with Crippen molar-refractivity contribution in [1.29, 1.82) is 0 Å². The van der Waals surface area contributed by atoms with E-state index in [1.54, 1.807) is 11.3 Å². The van der Waals surface area contributed by atoms with Crippen LogP contribution in [-0.2, 0) is 0 Å². The molecule has 2 aromatic heterocycles. The van der Waals surface area contributed by atoms with Crippen molar-refractivity contribution in [3.63, 3.8) is 0 Å². The summed E-state index contributed by atoms with van der Waals surface area (Å²) in [6.45, 7) is 1.87. The standard InChI is InChI=1S/C8H7BrN2OS/c1-3-7-4(2-5(9)13-7)6(10)8(12)11-3/h2H,10H2,1H3,(H,11,12). The van der Waals surface area contributed by atoms with Crippen LogP contribution >= 0.6 is 27.3 Å². The second kappa shape index (κ2) is 2.85. The molecule has 13 heavy (non-hydrogen) atoms. The van der Waals surface area contributed by atoms with Crippen LogP contribution in [0, 0.1) is 6.92 Å². The van der Waals surface area contributed by atoms with Crippen molar-refractivity contribution < 1.29 is 0 Å². The van der Waals surface area contributed by atoms with Crippen LogP contribution in [0.2, 0.25) is 0 Å². The Hall–Kier alpha value is -0.810. The van der Waals surface area contributed by atoms with Gasteiger partial charge < -0.3 is 10.7 Å². The largest absolute Gasteiger partial charge is 0.394 e. The minimum Gasteiger partial charge on any atom is -0.394 e. The number of nitrogens with one attached hydrogen (secondary N) is 1. The normalized spacial score (nSPS) is 10.9. The first-order valence-electron chi connectivity index (χ1n) is 3.67. The summed E-state index contributed by atoms with van der Waals surface area (Å²) in [6, 6.07) is 1.87. The summed E-state index contributed by atoms with van der Waals surface area (Å²) in [5.74, 6) is 0. The topological polar surface area (TPSA) is 58.9 Å². The Morgan fingerprint density at radius 2 is 2.31 bits per heavy atom. The maximum absolute atomic E-state index is 11.3. The number of aromatic amines is 1. The van der Waals surface area contributed by atoms with E-state index < -0.39 is 0 Å². The van der Waals surface area contributed by atoms with E-state index in [2.05, 4.69) is 20.9 Å². The molecule has 0 aliphatic heterocycles. The number of thiophene rings is 1. The highest BCUT2D eigenvalue weighted by molar-refractivity contribution is 9.11. The lowest BCUT2D eigenvalue weighted by Gasteiger charge is -1.97. The van der Waals surface area contributed by atoms with E-state index in [0.717, 1.165) is 19.6 Å². The molecule has 0 amide bonds. The van der Waals surface area contributed by atoms with Gasteiger partial charge >= 0.3 is 0 Å². The Morgan fingerprint density at radius 3 is 3.00 bits per heavy atom. The van der Waals surface area contributed by atoms with E-state index in [0.29, 0.717) is 5.69 Å². The number of pyridine rings is 1. The van der Waals surface area contributed by atoms with Gasteiger partial charge in [-0.05, 0) is 28.9 Å². The predicted octanol–water partition coefficient (Wildman–Crippen LogP) is 2.24. The van der Waals surface area contributed by atoms with Crippen LogP contribution in [-0.4, -0.2) is 4.98 Å². The van der Waals surface area contributed by atoms with Crippen molar-refractivity contribution in [2.24, 2.45) is 0 Å². The number of fused-ring (bicyclic) bond motifs is 1. The molecule has 0 spiro atoms. The Morgan fingerprint density at radius 1 is 1.62 bits per heavy atom. The molecule has 0 aromatic carbocycles. The monoisotopic (exact) mass is 258 g/mol. The number of nitrogens with two attached hydrogens (primary N) is 1. The van der Waals surface area contributed by atoms with Gasteiger partial charge in [-0.3, -0.25) is 4.79 Å². The van der Waals surface area contributed by atoms with Gasteiger partial charge in [0.2, 0.25) is 0 Å². The molecule has 0 unspecified atom stereocenters. The first-order valence-corrected chi connectivity index (χ1v) is 5.28. The predicted molar refractivity (Wildman–Crippen MR) is 59.3 cm³/mol. The summed E-state index contributed by atoms with van der Waals surface area (Å²) in [4.78, 5) is 14.0. The van der Waals surface area contributed by atoms with Gasteiger partial charge in [0.1, 0.15) is 5.69 Å². The van der Waals surface area contributed by atoms with Crippen molar-refractivity contribution in [3.8, 4) is 0 Å². The van der Waals surface area contributed by atoms with Crippen LogP contribution in [0.1, 0.15) is 5.69 Å². The van der Waals surface area contributed by atoms with E-state index >= 15 is 0 Å². The first kappa shape index (κ1) is 8.77. The number of halogens is 1. The van der Waals surface area contributed by atoms with E-state index in [4.69, 9.17) is 5.73 Å². The highest BCUT2D eigenvalue weighted by Crippen LogP contribution is 2.32. The molecule has 5 heteroatoms. The van der Waals surface area contributed by atoms with Crippen LogP contribution in [0.3, 0.4) is 0 Å². The zero-order valence-corrected chi connectivity index (χ0v) is 9.25. The highest BCUT2D eigenvalue weighted by atomic mass is 79.9. The Bertz CT molecular complexity index is 529. The first-order chi connectivity index (χ1) is 6.09. The molecule has 0 fully saturated rings. The molecule has 3 nitrogen and oxygen atoms in total. The quantitative estimate of drug-likeness (QED) is 0.762. The van der Waals surface area contributed by atoms with Crippen LogP contribution in [0.15, 0.2) is 14.6 Å². The fraction of sp³-hybridized carbons (Fsp3) is 0.125. The summed E-state index contributed by atoms with van der Waals surface area (Å²) in [7, 11) is 0. The van der Waals surface area contributed by atoms with Gasteiger partial charge in [0.05, 0.1) is 8.49 Å². The fourth-order valence-corrected chi connectivity index (χ4v) is 2.83. The van der Waals surface area contributed by atoms with Crippen LogP contribution < -0.4 is 11.3 Å². The molecule has 0 atom stereocenters. The Kier molecular flexibility index (Phi) is 1.92. The second-order valence-electron chi connectivity index (χ2n) is 2.79. The third-order valence-electron chi connectivity index (χ3n) is 1.88. The van der Waals surface area contributed by atoms with Crippen LogP contribution in [0.25, 0.3) is 10.1 Å². The molecular weight excluding hydrogens is 252 g/mol. The lowest BCUT2D eigenvalue weighted by atomic mass is 10.2. The Labute approximate surface area is 86.7 Å². The lowest BCUT2D eigenvalue weighted by Crippen LogP contribution is -2.12. The van der Waals surface area contributed by atoms with Crippen LogP contribution in [0.4, 0.5) is 5.69 Å². The molecule has 0 saturated carbocycles. The summed E-state index contributed by atoms with van der Waals surface area (Å²) in [5, 5.41) is 0.832. The maximum atomic E-state index is 11.3. The number of hydrogen-bond donors (Lipinski definition) is 2.